The molecule has 0 atom stereocenters. The van der Waals surface area contributed by atoms with Crippen molar-refractivity contribution in [1.82, 2.24) is 19.8 Å². The van der Waals surface area contributed by atoms with E-state index in [4.69, 9.17) is 11.6 Å². The number of halogens is 1. The third kappa shape index (κ3) is 5.03. The molecule has 1 aliphatic heterocycles. The zero-order valence-electron chi connectivity index (χ0n) is 11.5. The molecule has 1 aromatic heterocycles. The number of nitrogens with zero attached hydrogens (tertiary/aromatic N) is 4. The number of β-amino-alcohol motifs (C(OH)–C–C–N with tert-alkyl or cyclic N) is 1. The van der Waals surface area contributed by atoms with Gasteiger partial charge in [-0.25, -0.2) is 9.97 Å². The van der Waals surface area contributed by atoms with E-state index in [2.05, 4.69) is 19.8 Å². The molecule has 106 valence electrons. The average molecular weight is 285 g/mol. The Hall–Kier alpha value is -0.750. The molecule has 0 aliphatic carbocycles. The first kappa shape index (κ1) is 14.7. The van der Waals surface area contributed by atoms with Crippen molar-refractivity contribution >= 4 is 11.6 Å². The van der Waals surface area contributed by atoms with E-state index < -0.39 is 5.60 Å². The summed E-state index contributed by atoms with van der Waals surface area (Å²) in [7, 11) is 0. The second-order valence-corrected chi connectivity index (χ2v) is 6.06. The minimum atomic E-state index is -0.619. The molecule has 1 N–H and O–H groups in total. The molecule has 0 radical (unpaired) electrons. The van der Waals surface area contributed by atoms with Crippen molar-refractivity contribution in [3.8, 4) is 0 Å². The Balaban J connectivity index is 1.79. The smallest absolute Gasteiger partial charge is 0.222 e. The normalized spacial score (nSPS) is 18.7. The Labute approximate surface area is 119 Å². The molecule has 1 aliphatic rings. The Morgan fingerprint density at radius 3 is 2.21 bits per heavy atom. The van der Waals surface area contributed by atoms with Crippen LogP contribution in [0.15, 0.2) is 12.4 Å². The van der Waals surface area contributed by atoms with E-state index in [1.54, 1.807) is 12.4 Å². The van der Waals surface area contributed by atoms with Crippen molar-refractivity contribution in [1.29, 1.82) is 0 Å². The molecular formula is C13H21ClN4O. The van der Waals surface area contributed by atoms with Crippen LogP contribution in [-0.4, -0.2) is 63.2 Å². The van der Waals surface area contributed by atoms with E-state index in [1.807, 2.05) is 13.8 Å². The lowest BCUT2D eigenvalue weighted by Crippen LogP contribution is -2.50. The Bertz CT molecular complexity index is 396. The van der Waals surface area contributed by atoms with Gasteiger partial charge in [0.1, 0.15) is 0 Å². The fourth-order valence-corrected chi connectivity index (χ4v) is 2.43. The van der Waals surface area contributed by atoms with Gasteiger partial charge in [0.05, 0.1) is 5.60 Å². The van der Waals surface area contributed by atoms with E-state index in [0.29, 0.717) is 5.28 Å². The van der Waals surface area contributed by atoms with Crippen molar-refractivity contribution < 1.29 is 5.11 Å². The van der Waals surface area contributed by atoms with Gasteiger partial charge in [0.2, 0.25) is 5.28 Å². The molecule has 1 saturated heterocycles. The highest BCUT2D eigenvalue weighted by atomic mass is 35.5. The van der Waals surface area contributed by atoms with Crippen molar-refractivity contribution in [3.05, 3.63) is 23.2 Å². The predicted octanol–water partition coefficient (Wildman–Crippen LogP) is 1.02. The van der Waals surface area contributed by atoms with Gasteiger partial charge in [-0.15, -0.1) is 0 Å². The largest absolute Gasteiger partial charge is 0.389 e. The Morgan fingerprint density at radius 2 is 1.68 bits per heavy atom. The number of aliphatic hydroxyl groups is 1. The predicted molar refractivity (Wildman–Crippen MR) is 75.1 cm³/mol. The number of aromatic nitrogens is 2. The van der Waals surface area contributed by atoms with E-state index in [1.165, 1.54) is 0 Å². The van der Waals surface area contributed by atoms with E-state index in [9.17, 15) is 5.11 Å². The van der Waals surface area contributed by atoms with Gasteiger partial charge in [-0.1, -0.05) is 0 Å². The summed E-state index contributed by atoms with van der Waals surface area (Å²) in [6.07, 6.45) is 3.55. The highest BCUT2D eigenvalue weighted by molar-refractivity contribution is 6.28. The van der Waals surface area contributed by atoms with Crippen molar-refractivity contribution in [2.45, 2.75) is 26.0 Å². The average Bonchev–Trinajstić information content (AvgIpc) is 2.33. The molecule has 6 heteroatoms. The van der Waals surface area contributed by atoms with E-state index >= 15 is 0 Å². The third-order valence-corrected chi connectivity index (χ3v) is 3.35. The number of piperazine rings is 1. The lowest BCUT2D eigenvalue weighted by molar-refractivity contribution is 0.0166. The van der Waals surface area contributed by atoms with Crippen LogP contribution in [0.1, 0.15) is 19.4 Å². The lowest BCUT2D eigenvalue weighted by atomic mass is 10.1. The second kappa shape index (κ2) is 6.13. The van der Waals surface area contributed by atoms with Crippen LogP contribution < -0.4 is 0 Å². The van der Waals surface area contributed by atoms with Crippen LogP contribution in [0.5, 0.6) is 0 Å². The summed E-state index contributed by atoms with van der Waals surface area (Å²) in [6, 6.07) is 0. The van der Waals surface area contributed by atoms with Crippen LogP contribution in [0.3, 0.4) is 0 Å². The van der Waals surface area contributed by atoms with Crippen LogP contribution in [0.25, 0.3) is 0 Å². The summed E-state index contributed by atoms with van der Waals surface area (Å²) in [6.45, 7) is 9.25. The highest BCUT2D eigenvalue weighted by Crippen LogP contribution is 2.11. The van der Waals surface area contributed by atoms with E-state index in [-0.39, 0.29) is 0 Å². The van der Waals surface area contributed by atoms with Crippen LogP contribution in [0, 0.1) is 0 Å². The standard InChI is InChI=1S/C13H21ClN4O/c1-13(2,19)10-18-5-3-17(4-6-18)9-11-7-15-12(14)16-8-11/h7-8,19H,3-6,9-10H2,1-2H3. The summed E-state index contributed by atoms with van der Waals surface area (Å²) < 4.78 is 0. The molecule has 1 aromatic rings. The molecule has 0 amide bonds. The van der Waals surface area contributed by atoms with Gasteiger partial charge in [0, 0.05) is 57.2 Å². The summed E-state index contributed by atoms with van der Waals surface area (Å²) in [5.41, 5.74) is 0.465. The second-order valence-electron chi connectivity index (χ2n) is 5.73. The van der Waals surface area contributed by atoms with Crippen molar-refractivity contribution in [2.24, 2.45) is 0 Å². The van der Waals surface area contributed by atoms with Crippen LogP contribution in [-0.2, 0) is 6.54 Å². The van der Waals surface area contributed by atoms with Crippen molar-refractivity contribution in [3.63, 3.8) is 0 Å². The molecular weight excluding hydrogens is 264 g/mol. The van der Waals surface area contributed by atoms with Gasteiger partial charge < -0.3 is 5.11 Å². The minimum Gasteiger partial charge on any atom is -0.389 e. The van der Waals surface area contributed by atoms with Crippen LogP contribution in [0.4, 0.5) is 0 Å². The molecule has 5 nitrogen and oxygen atoms in total. The van der Waals surface area contributed by atoms with Gasteiger partial charge in [-0.2, -0.15) is 0 Å². The lowest BCUT2D eigenvalue weighted by Gasteiger charge is -2.37. The summed E-state index contributed by atoms with van der Waals surface area (Å²) in [5.74, 6) is 0. The Morgan fingerprint density at radius 1 is 1.16 bits per heavy atom. The molecule has 0 bridgehead atoms. The molecule has 0 spiro atoms. The van der Waals surface area contributed by atoms with Gasteiger partial charge in [-0.05, 0) is 25.4 Å². The maximum absolute atomic E-state index is 9.81. The first-order valence-electron chi connectivity index (χ1n) is 6.56. The summed E-state index contributed by atoms with van der Waals surface area (Å²) in [4.78, 5) is 12.7. The third-order valence-electron chi connectivity index (χ3n) is 3.16. The maximum Gasteiger partial charge on any atom is 0.222 e. The molecule has 2 rings (SSSR count). The fourth-order valence-electron chi connectivity index (χ4n) is 2.33. The number of hydrogen-bond donors (Lipinski definition) is 1. The molecule has 19 heavy (non-hydrogen) atoms. The summed E-state index contributed by atoms with van der Waals surface area (Å²) >= 11 is 5.67. The zero-order valence-corrected chi connectivity index (χ0v) is 12.3. The first-order chi connectivity index (χ1) is 8.92. The fraction of sp³-hybridized carbons (Fsp3) is 0.692. The topological polar surface area (TPSA) is 52.5 Å². The van der Waals surface area contributed by atoms with Crippen LogP contribution >= 0.6 is 11.6 Å². The number of hydrogen-bond acceptors (Lipinski definition) is 5. The molecule has 1 fully saturated rings. The Kier molecular flexibility index (Phi) is 4.73. The monoisotopic (exact) mass is 284 g/mol. The van der Waals surface area contributed by atoms with Gasteiger partial charge >= 0.3 is 0 Å². The molecule has 0 unspecified atom stereocenters. The molecule has 0 aromatic carbocycles. The number of rotatable bonds is 4. The zero-order chi connectivity index (χ0) is 13.9. The highest BCUT2D eigenvalue weighted by Gasteiger charge is 2.22. The molecule has 0 saturated carbocycles. The molecule has 2 heterocycles. The minimum absolute atomic E-state index is 0.291. The van der Waals surface area contributed by atoms with E-state index in [0.717, 1.165) is 44.8 Å². The van der Waals surface area contributed by atoms with Crippen LogP contribution in [0.2, 0.25) is 5.28 Å². The maximum atomic E-state index is 9.81. The van der Waals surface area contributed by atoms with Gasteiger partial charge in [-0.3, -0.25) is 9.80 Å². The SMILES string of the molecule is CC(C)(O)CN1CCN(Cc2cnc(Cl)nc2)CC1. The van der Waals surface area contributed by atoms with Gasteiger partial charge in [0.15, 0.2) is 0 Å². The van der Waals surface area contributed by atoms with Gasteiger partial charge in [0.25, 0.3) is 0 Å². The first-order valence-corrected chi connectivity index (χ1v) is 6.94. The summed E-state index contributed by atoms with van der Waals surface area (Å²) in [5, 5.41) is 10.1. The van der Waals surface area contributed by atoms with Crippen molar-refractivity contribution in [2.75, 3.05) is 32.7 Å². The quantitative estimate of drug-likeness (QED) is 0.837.